The van der Waals surface area contributed by atoms with Crippen molar-refractivity contribution in [2.75, 3.05) is 5.73 Å². The van der Waals surface area contributed by atoms with E-state index < -0.39 is 4.92 Å². The summed E-state index contributed by atoms with van der Waals surface area (Å²) in [6.07, 6.45) is 1.26. The van der Waals surface area contributed by atoms with Crippen molar-refractivity contribution in [3.8, 4) is 0 Å². The molecule has 0 aliphatic rings. The first-order chi connectivity index (χ1) is 5.11. The maximum absolute atomic E-state index is 10.2. The van der Waals surface area contributed by atoms with Gasteiger partial charge in [0.05, 0.1) is 16.8 Å². The van der Waals surface area contributed by atoms with E-state index in [-0.39, 0.29) is 16.5 Å². The lowest BCUT2D eigenvalue weighted by Crippen LogP contribution is -1.93. The largest absolute Gasteiger partial charge is 0.397 e. The zero-order valence-electron chi connectivity index (χ0n) is 5.32. The molecule has 5 nitrogen and oxygen atoms in total. The molecule has 0 radical (unpaired) electrons. The molecule has 0 aliphatic heterocycles. The van der Waals surface area contributed by atoms with Crippen molar-refractivity contribution in [1.82, 2.24) is 4.98 Å². The lowest BCUT2D eigenvalue weighted by molar-refractivity contribution is -0.385. The summed E-state index contributed by atoms with van der Waals surface area (Å²) in [6, 6.07) is 1.16. The third-order valence-electron chi connectivity index (χ3n) is 1.04. The van der Waals surface area contributed by atoms with Gasteiger partial charge in [0.15, 0.2) is 0 Å². The molecule has 1 heterocycles. The summed E-state index contributed by atoms with van der Waals surface area (Å²) < 4.78 is 0. The molecule has 0 saturated heterocycles. The van der Waals surface area contributed by atoms with E-state index >= 15 is 0 Å². The molecule has 0 spiro atoms. The highest BCUT2D eigenvalue weighted by Gasteiger charge is 2.12. The zero-order chi connectivity index (χ0) is 8.43. The van der Waals surface area contributed by atoms with Crippen molar-refractivity contribution in [3.63, 3.8) is 0 Å². The van der Waals surface area contributed by atoms with Gasteiger partial charge in [-0.05, 0) is 0 Å². The maximum atomic E-state index is 10.2. The Morgan fingerprint density at radius 1 is 1.73 bits per heavy atom. The quantitative estimate of drug-likeness (QED) is 0.393. The number of hydrogen-bond acceptors (Lipinski definition) is 4. The highest BCUT2D eigenvalue weighted by molar-refractivity contribution is 6.31. The van der Waals surface area contributed by atoms with Crippen LogP contribution in [0.2, 0.25) is 5.15 Å². The van der Waals surface area contributed by atoms with Gasteiger partial charge in [-0.25, -0.2) is 4.98 Å². The molecule has 11 heavy (non-hydrogen) atoms. The molecule has 1 rings (SSSR count). The molecule has 0 atom stereocenters. The first-order valence-corrected chi connectivity index (χ1v) is 3.04. The minimum atomic E-state index is -0.633. The van der Waals surface area contributed by atoms with E-state index in [1.807, 2.05) is 0 Å². The lowest BCUT2D eigenvalue weighted by Gasteiger charge is -1.94. The van der Waals surface area contributed by atoms with E-state index in [9.17, 15) is 10.1 Å². The number of rotatable bonds is 1. The van der Waals surface area contributed by atoms with Crippen LogP contribution in [0.4, 0.5) is 11.4 Å². The average Bonchev–Trinajstić information content (AvgIpc) is 1.94. The molecule has 0 unspecified atom stereocenters. The van der Waals surface area contributed by atoms with Gasteiger partial charge in [0.25, 0.3) is 0 Å². The van der Waals surface area contributed by atoms with Crippen molar-refractivity contribution in [2.24, 2.45) is 0 Å². The van der Waals surface area contributed by atoms with E-state index in [1.54, 1.807) is 0 Å². The number of aromatic nitrogens is 1. The topological polar surface area (TPSA) is 82.0 Å². The molecule has 1 aromatic rings. The molecule has 2 N–H and O–H groups in total. The third kappa shape index (κ3) is 1.56. The fourth-order valence-electron chi connectivity index (χ4n) is 0.580. The van der Waals surface area contributed by atoms with Gasteiger partial charge < -0.3 is 5.73 Å². The predicted octanol–water partition coefficient (Wildman–Crippen LogP) is 1.23. The number of nitrogens with two attached hydrogens (primary N) is 1. The fraction of sp³-hybridized carbons (Fsp3) is 0. The van der Waals surface area contributed by atoms with Crippen LogP contribution < -0.4 is 5.73 Å². The predicted molar refractivity (Wildman–Crippen MR) is 40.3 cm³/mol. The summed E-state index contributed by atoms with van der Waals surface area (Å²) in [7, 11) is 0. The number of pyridine rings is 1. The van der Waals surface area contributed by atoms with Crippen LogP contribution in [0.25, 0.3) is 0 Å². The molecule has 0 fully saturated rings. The number of nitro groups is 1. The molecule has 6 heteroatoms. The second-order valence-corrected chi connectivity index (χ2v) is 2.19. The van der Waals surface area contributed by atoms with Gasteiger partial charge >= 0.3 is 5.69 Å². The van der Waals surface area contributed by atoms with Crippen LogP contribution in [0.1, 0.15) is 0 Å². The lowest BCUT2D eigenvalue weighted by atomic mass is 10.4. The van der Waals surface area contributed by atoms with Crippen molar-refractivity contribution in [1.29, 1.82) is 0 Å². The van der Waals surface area contributed by atoms with Crippen LogP contribution in [0.3, 0.4) is 0 Å². The molecular formula is C5H4ClN3O2. The highest BCUT2D eigenvalue weighted by Crippen LogP contribution is 2.22. The third-order valence-corrected chi connectivity index (χ3v) is 1.33. The van der Waals surface area contributed by atoms with Gasteiger partial charge in [-0.1, -0.05) is 11.6 Å². The number of hydrogen-bond donors (Lipinski definition) is 1. The Bertz CT molecular complexity index is 302. The van der Waals surface area contributed by atoms with Gasteiger partial charge in [0.2, 0.25) is 5.15 Å². The Kier molecular flexibility index (Phi) is 1.91. The molecule has 0 aliphatic carbocycles. The van der Waals surface area contributed by atoms with Crippen molar-refractivity contribution in [3.05, 3.63) is 27.5 Å². The summed E-state index contributed by atoms with van der Waals surface area (Å²) in [5, 5.41) is 10.1. The standard InChI is InChI=1S/C5H4ClN3O2/c6-5-4(9(10)11)1-3(7)2-8-5/h1-2H,7H2. The molecule has 0 bridgehead atoms. The van der Waals surface area contributed by atoms with Crippen LogP contribution in [0, 0.1) is 10.1 Å². The van der Waals surface area contributed by atoms with E-state index in [2.05, 4.69) is 4.98 Å². The second kappa shape index (κ2) is 2.71. The zero-order valence-corrected chi connectivity index (χ0v) is 6.08. The number of nitrogens with zero attached hydrogens (tertiary/aromatic N) is 2. The molecular weight excluding hydrogens is 170 g/mol. The van der Waals surface area contributed by atoms with Crippen molar-refractivity contribution in [2.45, 2.75) is 0 Å². The average molecular weight is 174 g/mol. The van der Waals surface area contributed by atoms with Crippen LogP contribution >= 0.6 is 11.6 Å². The highest BCUT2D eigenvalue weighted by atomic mass is 35.5. The Labute approximate surface area is 66.9 Å². The SMILES string of the molecule is Nc1cnc(Cl)c([N+](=O)[O-])c1. The normalized spacial score (nSPS) is 9.55. The second-order valence-electron chi connectivity index (χ2n) is 1.84. The Morgan fingerprint density at radius 3 is 2.82 bits per heavy atom. The van der Waals surface area contributed by atoms with Crippen LogP contribution in [0.5, 0.6) is 0 Å². The summed E-state index contributed by atoms with van der Waals surface area (Å²) >= 11 is 5.38. The van der Waals surface area contributed by atoms with E-state index in [0.717, 1.165) is 6.07 Å². The molecule has 0 aromatic carbocycles. The Hall–Kier alpha value is -1.36. The van der Waals surface area contributed by atoms with Crippen molar-refractivity contribution < 1.29 is 4.92 Å². The van der Waals surface area contributed by atoms with Crippen LogP contribution in [-0.4, -0.2) is 9.91 Å². The Balaban J connectivity index is 3.23. The number of nitrogen functional groups attached to an aromatic ring is 1. The van der Waals surface area contributed by atoms with Crippen LogP contribution in [0.15, 0.2) is 12.3 Å². The molecule has 0 saturated carbocycles. The number of halogens is 1. The first kappa shape index (κ1) is 7.74. The monoisotopic (exact) mass is 173 g/mol. The summed E-state index contributed by atoms with van der Waals surface area (Å²) in [5.74, 6) is 0. The van der Waals surface area contributed by atoms with Crippen LogP contribution in [-0.2, 0) is 0 Å². The first-order valence-electron chi connectivity index (χ1n) is 2.66. The molecule has 1 aromatic heterocycles. The van der Waals surface area contributed by atoms with Gasteiger partial charge in [0.1, 0.15) is 0 Å². The minimum Gasteiger partial charge on any atom is -0.397 e. The van der Waals surface area contributed by atoms with Crippen molar-refractivity contribution >= 4 is 23.0 Å². The van der Waals surface area contributed by atoms with Gasteiger partial charge in [0, 0.05) is 6.07 Å². The fourth-order valence-corrected chi connectivity index (χ4v) is 0.752. The number of anilines is 1. The molecule has 58 valence electrons. The summed E-state index contributed by atoms with van der Waals surface area (Å²) in [4.78, 5) is 13.1. The van der Waals surface area contributed by atoms with E-state index in [1.165, 1.54) is 6.20 Å². The van der Waals surface area contributed by atoms with E-state index in [4.69, 9.17) is 17.3 Å². The summed E-state index contributed by atoms with van der Waals surface area (Å²) in [5.41, 5.74) is 5.19. The Morgan fingerprint density at radius 2 is 2.36 bits per heavy atom. The molecule has 0 amide bonds. The van der Waals surface area contributed by atoms with Gasteiger partial charge in [-0.2, -0.15) is 0 Å². The summed E-state index contributed by atoms with van der Waals surface area (Å²) in [6.45, 7) is 0. The van der Waals surface area contributed by atoms with Gasteiger partial charge in [-0.3, -0.25) is 10.1 Å². The maximum Gasteiger partial charge on any atom is 0.308 e. The van der Waals surface area contributed by atoms with Gasteiger partial charge in [-0.15, -0.1) is 0 Å². The smallest absolute Gasteiger partial charge is 0.308 e. The minimum absolute atomic E-state index is 0.149. The van der Waals surface area contributed by atoms with E-state index in [0.29, 0.717) is 0 Å².